The predicted octanol–water partition coefficient (Wildman–Crippen LogP) is 3.17. The minimum absolute atomic E-state index is 0.229. The number of aromatic nitrogens is 4. The topological polar surface area (TPSA) is 68.1 Å². The zero-order chi connectivity index (χ0) is 18.8. The van der Waals surface area contributed by atoms with Gasteiger partial charge in [-0.05, 0) is 31.6 Å². The van der Waals surface area contributed by atoms with Gasteiger partial charge in [0.2, 0.25) is 0 Å². The fourth-order valence-electron chi connectivity index (χ4n) is 4.39. The average Bonchev–Trinajstić information content (AvgIpc) is 3.31. The van der Waals surface area contributed by atoms with Crippen molar-refractivity contribution in [2.75, 3.05) is 23.4 Å². The van der Waals surface area contributed by atoms with Gasteiger partial charge in [-0.2, -0.15) is 5.10 Å². The summed E-state index contributed by atoms with van der Waals surface area (Å²) >= 11 is 0. The van der Waals surface area contributed by atoms with Crippen LogP contribution in [0.25, 0.3) is 0 Å². The third-order valence-electron chi connectivity index (χ3n) is 5.67. The lowest BCUT2D eigenvalue weighted by Gasteiger charge is -2.35. The van der Waals surface area contributed by atoms with Crippen LogP contribution in [0, 0.1) is 5.92 Å². The van der Waals surface area contributed by atoms with E-state index in [1.165, 1.54) is 5.56 Å². The van der Waals surface area contributed by atoms with Crippen molar-refractivity contribution in [2.45, 2.75) is 57.7 Å². The Hall–Kier alpha value is -2.15. The summed E-state index contributed by atoms with van der Waals surface area (Å²) in [6.07, 6.45) is 10.5. The number of nitrogens with one attached hydrogen (secondary N) is 1. The minimum Gasteiger partial charge on any atom is -0.376 e. The molecule has 0 bridgehead atoms. The van der Waals surface area contributed by atoms with E-state index in [9.17, 15) is 0 Å². The lowest BCUT2D eigenvalue weighted by Crippen LogP contribution is -2.43. The number of ether oxygens (including phenoxy) is 1. The normalized spacial score (nSPS) is 25.9. The molecule has 3 atom stereocenters. The van der Waals surface area contributed by atoms with E-state index >= 15 is 0 Å². The Labute approximate surface area is 161 Å². The van der Waals surface area contributed by atoms with Crippen LogP contribution in [0.3, 0.4) is 0 Å². The maximum absolute atomic E-state index is 6.01. The second kappa shape index (κ2) is 7.84. The maximum atomic E-state index is 6.01. The first-order valence-electron chi connectivity index (χ1n) is 10.1. The van der Waals surface area contributed by atoms with Gasteiger partial charge < -0.3 is 15.0 Å². The molecule has 0 amide bonds. The number of hydrogen-bond acceptors (Lipinski definition) is 6. The highest BCUT2D eigenvalue weighted by Crippen LogP contribution is 2.35. The fourth-order valence-corrected chi connectivity index (χ4v) is 4.39. The van der Waals surface area contributed by atoms with Crippen LogP contribution in [0.4, 0.5) is 11.6 Å². The zero-order valence-corrected chi connectivity index (χ0v) is 16.5. The largest absolute Gasteiger partial charge is 0.376 e. The number of aryl methyl sites for hydroxylation is 1. The van der Waals surface area contributed by atoms with Crippen molar-refractivity contribution < 1.29 is 4.74 Å². The van der Waals surface area contributed by atoms with Crippen LogP contribution < -0.4 is 10.2 Å². The smallest absolute Gasteiger partial charge is 0.134 e. The summed E-state index contributed by atoms with van der Waals surface area (Å²) in [7, 11) is 1.97. The summed E-state index contributed by atoms with van der Waals surface area (Å²) < 4.78 is 7.87. The standard InChI is InChI=1S/C20H30N6O/c1-14(2)20-16(6-5-9-27-20)24-18-10-19(22-13-21-18)26-8-4-7-17(26)15-11-23-25(3)12-15/h10-14,16-17,20H,4-9H2,1-3H3,(H,21,22,24)/t16-,17+,20-/m0/s1. The van der Waals surface area contributed by atoms with E-state index in [1.54, 1.807) is 6.33 Å². The van der Waals surface area contributed by atoms with Gasteiger partial charge in [-0.3, -0.25) is 4.68 Å². The number of rotatable bonds is 5. The van der Waals surface area contributed by atoms with E-state index in [-0.39, 0.29) is 6.10 Å². The molecule has 2 fully saturated rings. The molecule has 0 aromatic carbocycles. The van der Waals surface area contributed by atoms with E-state index in [0.29, 0.717) is 18.0 Å². The Morgan fingerprint density at radius 2 is 2.11 bits per heavy atom. The highest BCUT2D eigenvalue weighted by molar-refractivity contribution is 5.51. The van der Waals surface area contributed by atoms with E-state index in [1.807, 2.05) is 17.9 Å². The van der Waals surface area contributed by atoms with Gasteiger partial charge in [-0.25, -0.2) is 9.97 Å². The number of hydrogen-bond donors (Lipinski definition) is 1. The van der Waals surface area contributed by atoms with Gasteiger partial charge in [-0.1, -0.05) is 13.8 Å². The van der Waals surface area contributed by atoms with Crippen molar-refractivity contribution in [2.24, 2.45) is 13.0 Å². The molecule has 0 unspecified atom stereocenters. The van der Waals surface area contributed by atoms with Crippen LogP contribution in [0.1, 0.15) is 51.1 Å². The quantitative estimate of drug-likeness (QED) is 0.872. The van der Waals surface area contributed by atoms with Crippen LogP contribution in [0.15, 0.2) is 24.8 Å². The molecule has 7 heteroatoms. The molecule has 2 aromatic rings. The van der Waals surface area contributed by atoms with E-state index in [2.05, 4.69) is 51.4 Å². The van der Waals surface area contributed by atoms with E-state index in [0.717, 1.165) is 50.5 Å². The molecule has 2 aromatic heterocycles. The Morgan fingerprint density at radius 1 is 1.22 bits per heavy atom. The Morgan fingerprint density at radius 3 is 2.89 bits per heavy atom. The molecule has 4 heterocycles. The molecule has 0 radical (unpaired) electrons. The Balaban J connectivity index is 1.52. The van der Waals surface area contributed by atoms with Crippen molar-refractivity contribution in [1.82, 2.24) is 19.7 Å². The van der Waals surface area contributed by atoms with Crippen molar-refractivity contribution in [3.8, 4) is 0 Å². The van der Waals surface area contributed by atoms with Gasteiger partial charge in [0.05, 0.1) is 24.4 Å². The van der Waals surface area contributed by atoms with Crippen LogP contribution in [0.5, 0.6) is 0 Å². The van der Waals surface area contributed by atoms with Crippen molar-refractivity contribution in [1.29, 1.82) is 0 Å². The predicted molar refractivity (Wildman–Crippen MR) is 106 cm³/mol. The Kier molecular flexibility index (Phi) is 5.29. The third kappa shape index (κ3) is 3.93. The molecule has 2 aliphatic heterocycles. The summed E-state index contributed by atoms with van der Waals surface area (Å²) in [6.45, 7) is 6.31. The van der Waals surface area contributed by atoms with Gasteiger partial charge >= 0.3 is 0 Å². The van der Waals surface area contributed by atoms with E-state index in [4.69, 9.17) is 4.74 Å². The maximum Gasteiger partial charge on any atom is 0.134 e. The number of nitrogens with zero attached hydrogens (tertiary/aromatic N) is 5. The lowest BCUT2D eigenvalue weighted by atomic mass is 9.93. The van der Waals surface area contributed by atoms with Crippen LogP contribution >= 0.6 is 0 Å². The summed E-state index contributed by atoms with van der Waals surface area (Å²) in [6, 6.07) is 2.72. The first-order chi connectivity index (χ1) is 13.1. The molecular formula is C20H30N6O. The SMILES string of the molecule is CC(C)[C@@H]1OCCC[C@@H]1Nc1cc(N2CCC[C@@H]2c2cnn(C)c2)ncn1. The van der Waals surface area contributed by atoms with Crippen molar-refractivity contribution in [3.05, 3.63) is 30.4 Å². The zero-order valence-electron chi connectivity index (χ0n) is 16.5. The molecule has 0 saturated carbocycles. The number of anilines is 2. The van der Waals surface area contributed by atoms with Crippen LogP contribution in [-0.4, -0.2) is 45.0 Å². The van der Waals surface area contributed by atoms with Crippen molar-refractivity contribution in [3.63, 3.8) is 0 Å². The summed E-state index contributed by atoms with van der Waals surface area (Å²) in [5, 5.41) is 7.96. The molecule has 0 aliphatic carbocycles. The van der Waals surface area contributed by atoms with Gasteiger partial charge in [-0.15, -0.1) is 0 Å². The highest BCUT2D eigenvalue weighted by Gasteiger charge is 2.30. The van der Waals surface area contributed by atoms with Gasteiger partial charge in [0.25, 0.3) is 0 Å². The van der Waals surface area contributed by atoms with Crippen LogP contribution in [0.2, 0.25) is 0 Å². The van der Waals surface area contributed by atoms with Gasteiger partial charge in [0.15, 0.2) is 0 Å². The molecule has 27 heavy (non-hydrogen) atoms. The van der Waals surface area contributed by atoms with Gasteiger partial charge in [0.1, 0.15) is 18.0 Å². The van der Waals surface area contributed by atoms with Crippen LogP contribution in [-0.2, 0) is 11.8 Å². The third-order valence-corrected chi connectivity index (χ3v) is 5.67. The minimum atomic E-state index is 0.229. The molecule has 146 valence electrons. The van der Waals surface area contributed by atoms with Gasteiger partial charge in [0, 0.05) is 38.0 Å². The first kappa shape index (κ1) is 18.2. The fraction of sp³-hybridized carbons (Fsp3) is 0.650. The summed E-state index contributed by atoms with van der Waals surface area (Å²) in [5.74, 6) is 2.35. The molecule has 7 nitrogen and oxygen atoms in total. The molecule has 0 spiro atoms. The summed E-state index contributed by atoms with van der Waals surface area (Å²) in [4.78, 5) is 11.4. The van der Waals surface area contributed by atoms with Crippen molar-refractivity contribution >= 4 is 11.6 Å². The second-order valence-electron chi connectivity index (χ2n) is 8.03. The average molecular weight is 371 g/mol. The molecule has 2 saturated heterocycles. The lowest BCUT2D eigenvalue weighted by molar-refractivity contribution is -0.0203. The van der Waals surface area contributed by atoms with E-state index < -0.39 is 0 Å². The molecule has 1 N–H and O–H groups in total. The summed E-state index contributed by atoms with van der Waals surface area (Å²) in [5.41, 5.74) is 1.25. The second-order valence-corrected chi connectivity index (χ2v) is 8.03. The Bertz CT molecular complexity index is 760. The molecule has 2 aliphatic rings. The highest BCUT2D eigenvalue weighted by atomic mass is 16.5. The molecular weight excluding hydrogens is 340 g/mol. The first-order valence-corrected chi connectivity index (χ1v) is 10.1. The molecule has 4 rings (SSSR count). The monoisotopic (exact) mass is 370 g/mol.